The maximum Gasteiger partial charge on any atom is 0.0720 e. The number of anilines is 3. The quantitative estimate of drug-likeness (QED) is 0.161. The van der Waals surface area contributed by atoms with Gasteiger partial charge in [0.1, 0.15) is 0 Å². The van der Waals surface area contributed by atoms with Crippen LogP contribution in [0.2, 0.25) is 0 Å². The van der Waals surface area contributed by atoms with Crippen LogP contribution in [0.3, 0.4) is 0 Å². The average Bonchev–Trinajstić information content (AvgIpc) is 3.89. The van der Waals surface area contributed by atoms with Crippen molar-refractivity contribution in [2.45, 2.75) is 10.8 Å². The summed E-state index contributed by atoms with van der Waals surface area (Å²) in [4.78, 5) is 2.44. The maximum atomic E-state index is 2.46. The van der Waals surface area contributed by atoms with Gasteiger partial charge in [0.2, 0.25) is 0 Å². The van der Waals surface area contributed by atoms with E-state index in [0.717, 1.165) is 17.1 Å². The van der Waals surface area contributed by atoms with Gasteiger partial charge >= 0.3 is 0 Å². The van der Waals surface area contributed by atoms with E-state index >= 15 is 0 Å². The molecule has 3 aliphatic rings. The molecule has 1 nitrogen and oxygen atoms in total. The number of hydrogen-bond donors (Lipinski definition) is 0. The first-order valence-electron chi connectivity index (χ1n) is 24.1. The zero-order valence-electron chi connectivity index (χ0n) is 37.9. The lowest BCUT2D eigenvalue weighted by Crippen LogP contribution is -2.43. The van der Waals surface area contributed by atoms with E-state index < -0.39 is 10.8 Å². The van der Waals surface area contributed by atoms with E-state index in [0.29, 0.717) is 0 Å². The summed E-state index contributed by atoms with van der Waals surface area (Å²) in [5, 5.41) is 0. The summed E-state index contributed by atoms with van der Waals surface area (Å²) < 4.78 is 0. The summed E-state index contributed by atoms with van der Waals surface area (Å²) in [7, 11) is 0. The topological polar surface area (TPSA) is 3.24 Å². The second-order valence-corrected chi connectivity index (χ2v) is 18.7. The molecule has 14 rings (SSSR count). The molecule has 322 valence electrons. The monoisotopic (exact) mass is 875 g/mol. The fourth-order valence-corrected chi connectivity index (χ4v) is 12.6. The van der Waals surface area contributed by atoms with E-state index in [1.807, 2.05) is 0 Å². The standard InChI is InChI=1S/C68H45N/c1-3-18-46(19-4-1)48-34-36-50(37-35-48)51-22-17-23-53(44-51)69(52-40-38-49(39-41-52)47-20-5-2-6-21-47)54-42-43-62-58(45-54)57-26-9-12-29-61(57)68(62)65-32-15-13-30-63(65)67(64-31-14-16-33-66(64)68)59-27-10-7-24-55(59)56-25-8-11-28-60(56)67/h1-45H. The first-order valence-corrected chi connectivity index (χ1v) is 24.1. The Labute approximate surface area is 403 Å². The molecule has 0 amide bonds. The van der Waals surface area contributed by atoms with Crippen LogP contribution in [-0.2, 0) is 10.8 Å². The summed E-state index contributed by atoms with van der Waals surface area (Å²) in [5.74, 6) is 0. The molecular formula is C68H45N. The molecule has 0 unspecified atom stereocenters. The van der Waals surface area contributed by atoms with Gasteiger partial charge in [-0.2, -0.15) is 0 Å². The number of hydrogen-bond acceptors (Lipinski definition) is 1. The largest absolute Gasteiger partial charge is 0.310 e. The van der Waals surface area contributed by atoms with Crippen LogP contribution in [0.5, 0.6) is 0 Å². The van der Waals surface area contributed by atoms with Gasteiger partial charge in [0.25, 0.3) is 0 Å². The molecule has 11 aromatic rings. The SMILES string of the molecule is c1ccc(-c2ccc(-c3cccc(N(c4ccc(-c5ccccc5)cc4)c4ccc5c(c4)-c4ccccc4C54c5ccccc5C5(c6ccccc6-c6ccccc65)c5ccccc54)c3)cc2)cc1. The zero-order chi connectivity index (χ0) is 45.5. The molecular weight excluding hydrogens is 831 g/mol. The Morgan fingerprint density at radius 3 is 0.986 bits per heavy atom. The van der Waals surface area contributed by atoms with Gasteiger partial charge in [-0.25, -0.2) is 0 Å². The molecule has 69 heavy (non-hydrogen) atoms. The van der Waals surface area contributed by atoms with Crippen molar-refractivity contribution in [3.05, 3.63) is 317 Å². The highest BCUT2D eigenvalue weighted by molar-refractivity contribution is 5.95. The molecule has 0 aromatic heterocycles. The van der Waals surface area contributed by atoms with Crippen molar-refractivity contribution in [3.63, 3.8) is 0 Å². The molecule has 0 radical (unpaired) electrons. The molecule has 0 saturated carbocycles. The highest BCUT2D eigenvalue weighted by Gasteiger charge is 2.58. The second-order valence-electron chi connectivity index (χ2n) is 18.7. The molecule has 0 fully saturated rings. The van der Waals surface area contributed by atoms with Crippen LogP contribution in [0.15, 0.2) is 273 Å². The van der Waals surface area contributed by atoms with Crippen LogP contribution >= 0.6 is 0 Å². The Morgan fingerprint density at radius 1 is 0.188 bits per heavy atom. The van der Waals surface area contributed by atoms with E-state index in [1.165, 1.54) is 100 Å². The molecule has 11 aromatic carbocycles. The Kier molecular flexibility index (Phi) is 8.78. The number of rotatable bonds is 6. The molecule has 0 aliphatic heterocycles. The van der Waals surface area contributed by atoms with E-state index in [-0.39, 0.29) is 0 Å². The van der Waals surface area contributed by atoms with Crippen LogP contribution in [0.25, 0.3) is 55.6 Å². The third-order valence-electron chi connectivity index (χ3n) is 15.4. The van der Waals surface area contributed by atoms with Gasteiger partial charge in [0, 0.05) is 17.1 Å². The lowest BCUT2D eigenvalue weighted by atomic mass is 9.52. The minimum atomic E-state index is -0.552. The first kappa shape index (κ1) is 39.4. The van der Waals surface area contributed by atoms with Gasteiger partial charge < -0.3 is 4.90 Å². The maximum absolute atomic E-state index is 2.46. The molecule has 0 heterocycles. The average molecular weight is 876 g/mol. The third-order valence-corrected chi connectivity index (χ3v) is 15.4. The summed E-state index contributed by atoms with van der Waals surface area (Å²) >= 11 is 0. The summed E-state index contributed by atoms with van der Waals surface area (Å²) in [5.41, 5.74) is 25.3. The van der Waals surface area contributed by atoms with Crippen molar-refractivity contribution >= 4 is 17.1 Å². The van der Waals surface area contributed by atoms with Crippen LogP contribution in [-0.4, -0.2) is 0 Å². The van der Waals surface area contributed by atoms with Crippen LogP contribution < -0.4 is 4.90 Å². The minimum absolute atomic E-state index is 0.473. The molecule has 0 saturated heterocycles. The highest BCUT2D eigenvalue weighted by atomic mass is 15.1. The molecule has 2 spiro atoms. The van der Waals surface area contributed by atoms with Gasteiger partial charge in [0.05, 0.1) is 10.8 Å². The second kappa shape index (κ2) is 15.4. The Balaban J connectivity index is 0.971. The van der Waals surface area contributed by atoms with E-state index in [2.05, 4.69) is 278 Å². The Hall–Kier alpha value is -8.78. The molecule has 0 N–H and O–H groups in total. The smallest absolute Gasteiger partial charge is 0.0720 e. The van der Waals surface area contributed by atoms with Crippen molar-refractivity contribution in [2.24, 2.45) is 0 Å². The highest BCUT2D eigenvalue weighted by Crippen LogP contribution is 2.67. The Morgan fingerprint density at radius 2 is 0.507 bits per heavy atom. The normalized spacial score (nSPS) is 13.7. The number of nitrogens with zero attached hydrogens (tertiary/aromatic N) is 1. The zero-order valence-corrected chi connectivity index (χ0v) is 37.9. The van der Waals surface area contributed by atoms with Crippen molar-refractivity contribution < 1.29 is 0 Å². The van der Waals surface area contributed by atoms with Crippen LogP contribution in [0, 0.1) is 0 Å². The molecule has 0 bridgehead atoms. The van der Waals surface area contributed by atoms with Crippen molar-refractivity contribution in [1.82, 2.24) is 0 Å². The number of fused-ring (bicyclic) bond motifs is 16. The van der Waals surface area contributed by atoms with Crippen LogP contribution in [0.4, 0.5) is 17.1 Å². The lowest BCUT2D eigenvalue weighted by Gasteiger charge is -2.48. The van der Waals surface area contributed by atoms with E-state index in [9.17, 15) is 0 Å². The van der Waals surface area contributed by atoms with E-state index in [1.54, 1.807) is 0 Å². The number of benzene rings is 11. The first-order chi connectivity index (χ1) is 34.2. The molecule has 3 aliphatic carbocycles. The van der Waals surface area contributed by atoms with Gasteiger partial charge in [0.15, 0.2) is 0 Å². The lowest BCUT2D eigenvalue weighted by molar-refractivity contribution is 0.633. The summed E-state index contributed by atoms with van der Waals surface area (Å²) in [6.07, 6.45) is 0. The van der Waals surface area contributed by atoms with Crippen molar-refractivity contribution in [2.75, 3.05) is 4.90 Å². The fraction of sp³-hybridized carbons (Fsp3) is 0.0294. The van der Waals surface area contributed by atoms with Crippen molar-refractivity contribution in [3.8, 4) is 55.6 Å². The minimum Gasteiger partial charge on any atom is -0.310 e. The van der Waals surface area contributed by atoms with Crippen molar-refractivity contribution in [1.29, 1.82) is 0 Å². The predicted molar refractivity (Wildman–Crippen MR) is 286 cm³/mol. The Bertz CT molecular complexity index is 3680. The predicted octanol–water partition coefficient (Wildman–Crippen LogP) is 17.2. The van der Waals surface area contributed by atoms with E-state index in [4.69, 9.17) is 0 Å². The fourth-order valence-electron chi connectivity index (χ4n) is 12.6. The van der Waals surface area contributed by atoms with Gasteiger partial charge in [-0.1, -0.05) is 237 Å². The molecule has 1 heteroatoms. The summed E-state index contributed by atoms with van der Waals surface area (Å²) in [6.45, 7) is 0. The summed E-state index contributed by atoms with van der Waals surface area (Å²) in [6, 6.07) is 102. The van der Waals surface area contributed by atoms with Crippen LogP contribution in [0.1, 0.15) is 44.5 Å². The van der Waals surface area contributed by atoms with Gasteiger partial charge in [-0.3, -0.25) is 0 Å². The third kappa shape index (κ3) is 5.65. The van der Waals surface area contributed by atoms with Gasteiger partial charge in [-0.05, 0) is 137 Å². The van der Waals surface area contributed by atoms with Gasteiger partial charge in [-0.15, -0.1) is 0 Å². The molecule has 0 atom stereocenters.